The molecule has 1 aliphatic rings. The van der Waals surface area contributed by atoms with Crippen LogP contribution in [-0.4, -0.2) is 64.4 Å². The number of rotatable bonds is 10. The molecule has 0 unspecified atom stereocenters. The second-order valence-electron chi connectivity index (χ2n) is 7.22. The number of guanidine groups is 1. The Morgan fingerprint density at radius 2 is 1.89 bits per heavy atom. The monoisotopic (exact) mass is 376 g/mol. The largest absolute Gasteiger partial charge is 0.491 e. The predicted octanol–water partition coefficient (Wildman–Crippen LogP) is 2.50. The second-order valence-corrected chi connectivity index (χ2v) is 7.22. The number of likely N-dealkylation sites (tertiary alicyclic amines) is 1. The lowest BCUT2D eigenvalue weighted by Gasteiger charge is -2.30. The van der Waals surface area contributed by atoms with Crippen molar-refractivity contribution >= 4 is 5.96 Å². The molecule has 2 N–H and O–H groups in total. The molecular weight excluding hydrogens is 340 g/mol. The lowest BCUT2D eigenvalue weighted by Crippen LogP contribution is -2.39. The first-order chi connectivity index (χ1) is 13.2. The van der Waals surface area contributed by atoms with Crippen LogP contribution in [0.5, 0.6) is 5.75 Å². The van der Waals surface area contributed by atoms with Gasteiger partial charge in [-0.3, -0.25) is 4.99 Å². The first-order valence-electron chi connectivity index (χ1n) is 10.1. The summed E-state index contributed by atoms with van der Waals surface area (Å²) in [7, 11) is 3.49. The molecular formula is C21H36N4O2. The summed E-state index contributed by atoms with van der Waals surface area (Å²) in [5.74, 6) is 2.61. The Kier molecular flexibility index (Phi) is 10.0. The molecule has 1 aromatic carbocycles. The van der Waals surface area contributed by atoms with E-state index in [4.69, 9.17) is 9.47 Å². The highest BCUT2D eigenvalue weighted by Crippen LogP contribution is 2.15. The van der Waals surface area contributed by atoms with Crippen LogP contribution in [0.1, 0.15) is 31.7 Å². The molecule has 0 bridgehead atoms. The molecule has 2 rings (SSSR count). The predicted molar refractivity (Wildman–Crippen MR) is 111 cm³/mol. The maximum Gasteiger partial charge on any atom is 0.191 e. The van der Waals surface area contributed by atoms with E-state index < -0.39 is 0 Å². The van der Waals surface area contributed by atoms with Crippen molar-refractivity contribution in [1.82, 2.24) is 15.5 Å². The van der Waals surface area contributed by atoms with Gasteiger partial charge in [0.1, 0.15) is 12.4 Å². The second kappa shape index (κ2) is 12.6. The topological polar surface area (TPSA) is 58.1 Å². The minimum atomic E-state index is 0.571. The van der Waals surface area contributed by atoms with Crippen molar-refractivity contribution in [3.8, 4) is 5.75 Å². The summed E-state index contributed by atoms with van der Waals surface area (Å²) < 4.78 is 10.6. The van der Waals surface area contributed by atoms with Gasteiger partial charge in [0.2, 0.25) is 0 Å². The fraction of sp³-hybridized carbons (Fsp3) is 0.667. The zero-order valence-corrected chi connectivity index (χ0v) is 17.2. The van der Waals surface area contributed by atoms with Gasteiger partial charge in [-0.05, 0) is 62.5 Å². The van der Waals surface area contributed by atoms with Crippen LogP contribution >= 0.6 is 0 Å². The van der Waals surface area contributed by atoms with Crippen LogP contribution in [0.3, 0.4) is 0 Å². The summed E-state index contributed by atoms with van der Waals surface area (Å²) in [6.07, 6.45) is 3.82. The summed E-state index contributed by atoms with van der Waals surface area (Å²) in [5.41, 5.74) is 1.19. The number of piperidine rings is 1. The van der Waals surface area contributed by atoms with E-state index in [0.717, 1.165) is 37.1 Å². The zero-order chi connectivity index (χ0) is 19.3. The van der Waals surface area contributed by atoms with Gasteiger partial charge in [-0.25, -0.2) is 0 Å². The first-order valence-corrected chi connectivity index (χ1v) is 10.1. The van der Waals surface area contributed by atoms with Crippen molar-refractivity contribution < 1.29 is 9.47 Å². The molecule has 6 heteroatoms. The summed E-state index contributed by atoms with van der Waals surface area (Å²) in [5, 5.41) is 6.77. The molecule has 0 aliphatic carbocycles. The van der Waals surface area contributed by atoms with Crippen LogP contribution in [0, 0.1) is 5.92 Å². The van der Waals surface area contributed by atoms with Gasteiger partial charge in [0, 0.05) is 27.2 Å². The third-order valence-corrected chi connectivity index (χ3v) is 4.98. The molecule has 0 spiro atoms. The summed E-state index contributed by atoms with van der Waals surface area (Å²) in [4.78, 5) is 6.88. The van der Waals surface area contributed by atoms with E-state index in [0.29, 0.717) is 13.2 Å². The number of hydrogen-bond donors (Lipinski definition) is 2. The van der Waals surface area contributed by atoms with Gasteiger partial charge in [-0.1, -0.05) is 19.1 Å². The van der Waals surface area contributed by atoms with E-state index in [1.807, 2.05) is 19.2 Å². The quantitative estimate of drug-likeness (QED) is 0.373. The average Bonchev–Trinajstić information content (AvgIpc) is 2.70. The molecule has 1 aliphatic heterocycles. The molecule has 0 atom stereocenters. The van der Waals surface area contributed by atoms with E-state index in [1.54, 1.807) is 7.11 Å². The number of benzene rings is 1. The number of ether oxygens (including phenoxy) is 2. The molecule has 0 saturated carbocycles. The maximum absolute atomic E-state index is 5.58. The highest BCUT2D eigenvalue weighted by molar-refractivity contribution is 5.79. The van der Waals surface area contributed by atoms with Crippen LogP contribution in [0.15, 0.2) is 29.3 Å². The van der Waals surface area contributed by atoms with Gasteiger partial charge in [-0.2, -0.15) is 0 Å². The van der Waals surface area contributed by atoms with Crippen LogP contribution in [0.4, 0.5) is 0 Å². The Balaban J connectivity index is 1.60. The lowest BCUT2D eigenvalue weighted by atomic mass is 9.99. The number of hydrogen-bond acceptors (Lipinski definition) is 4. The van der Waals surface area contributed by atoms with Crippen molar-refractivity contribution in [3.05, 3.63) is 29.8 Å². The van der Waals surface area contributed by atoms with E-state index in [-0.39, 0.29) is 0 Å². The molecule has 6 nitrogen and oxygen atoms in total. The number of nitrogens with one attached hydrogen (secondary N) is 2. The molecule has 1 fully saturated rings. The van der Waals surface area contributed by atoms with Crippen molar-refractivity contribution in [2.24, 2.45) is 10.9 Å². The van der Waals surface area contributed by atoms with Crippen LogP contribution in [-0.2, 0) is 11.3 Å². The van der Waals surface area contributed by atoms with Gasteiger partial charge >= 0.3 is 0 Å². The summed E-state index contributed by atoms with van der Waals surface area (Å²) in [6, 6.07) is 8.12. The van der Waals surface area contributed by atoms with Crippen molar-refractivity contribution in [1.29, 1.82) is 0 Å². The number of aliphatic imine (C=N–C) groups is 1. The highest BCUT2D eigenvalue weighted by atomic mass is 16.5. The standard InChI is InChI=1S/C21H36N4O2/c1-18-9-13-25(14-10-18)12-4-11-23-21(22-2)24-17-19-5-7-20(8-6-19)27-16-15-26-3/h5-8,18H,4,9-17H2,1-3H3,(H2,22,23,24). The molecule has 0 radical (unpaired) electrons. The van der Waals surface area contributed by atoms with Crippen molar-refractivity contribution in [3.63, 3.8) is 0 Å². The Labute approximate surface area is 164 Å². The minimum absolute atomic E-state index is 0.571. The zero-order valence-electron chi connectivity index (χ0n) is 17.2. The Morgan fingerprint density at radius 3 is 2.56 bits per heavy atom. The minimum Gasteiger partial charge on any atom is -0.491 e. The van der Waals surface area contributed by atoms with Crippen LogP contribution in [0.25, 0.3) is 0 Å². The van der Waals surface area contributed by atoms with Gasteiger partial charge in [0.15, 0.2) is 5.96 Å². The van der Waals surface area contributed by atoms with E-state index in [1.165, 1.54) is 38.0 Å². The normalized spacial score (nSPS) is 16.3. The fourth-order valence-electron chi connectivity index (χ4n) is 3.15. The fourth-order valence-corrected chi connectivity index (χ4v) is 3.15. The first kappa shape index (κ1) is 21.5. The van der Waals surface area contributed by atoms with Gasteiger partial charge in [-0.15, -0.1) is 0 Å². The third-order valence-electron chi connectivity index (χ3n) is 4.98. The smallest absolute Gasteiger partial charge is 0.191 e. The average molecular weight is 377 g/mol. The Bertz CT molecular complexity index is 540. The third kappa shape index (κ3) is 8.63. The number of nitrogens with zero attached hydrogens (tertiary/aromatic N) is 2. The van der Waals surface area contributed by atoms with E-state index in [2.05, 4.69) is 39.6 Å². The van der Waals surface area contributed by atoms with Gasteiger partial charge in [0.25, 0.3) is 0 Å². The highest BCUT2D eigenvalue weighted by Gasteiger charge is 2.14. The molecule has 0 amide bonds. The van der Waals surface area contributed by atoms with Crippen molar-refractivity contribution in [2.45, 2.75) is 32.7 Å². The summed E-state index contributed by atoms with van der Waals surface area (Å²) in [6.45, 7) is 8.87. The van der Waals surface area contributed by atoms with Gasteiger partial charge < -0.3 is 25.0 Å². The SMILES string of the molecule is CN=C(NCCCN1CCC(C)CC1)NCc1ccc(OCCOC)cc1. The summed E-state index contributed by atoms with van der Waals surface area (Å²) >= 11 is 0. The molecule has 152 valence electrons. The Morgan fingerprint density at radius 1 is 1.15 bits per heavy atom. The lowest BCUT2D eigenvalue weighted by molar-refractivity contribution is 0.146. The molecule has 0 aromatic heterocycles. The number of methoxy groups -OCH3 is 1. The van der Waals surface area contributed by atoms with Gasteiger partial charge in [0.05, 0.1) is 6.61 Å². The van der Waals surface area contributed by atoms with Crippen LogP contribution < -0.4 is 15.4 Å². The van der Waals surface area contributed by atoms with E-state index >= 15 is 0 Å². The van der Waals surface area contributed by atoms with Crippen molar-refractivity contribution in [2.75, 3.05) is 53.6 Å². The molecule has 1 saturated heterocycles. The maximum atomic E-state index is 5.58. The Hall–Kier alpha value is -1.79. The van der Waals surface area contributed by atoms with Crippen LogP contribution in [0.2, 0.25) is 0 Å². The molecule has 1 heterocycles. The van der Waals surface area contributed by atoms with E-state index in [9.17, 15) is 0 Å². The molecule has 1 aromatic rings. The molecule has 27 heavy (non-hydrogen) atoms.